The van der Waals surface area contributed by atoms with E-state index in [-0.39, 0.29) is 17.3 Å². The van der Waals surface area contributed by atoms with Gasteiger partial charge >= 0.3 is 5.97 Å². The van der Waals surface area contributed by atoms with Gasteiger partial charge in [0.1, 0.15) is 5.75 Å². The number of nitrogens with zero attached hydrogens (tertiary/aromatic N) is 2. The molecule has 0 radical (unpaired) electrons. The quantitative estimate of drug-likeness (QED) is 0.168. The maximum absolute atomic E-state index is 12.1. The van der Waals surface area contributed by atoms with Gasteiger partial charge in [0.15, 0.2) is 5.70 Å². The molecule has 0 aromatic heterocycles. The summed E-state index contributed by atoms with van der Waals surface area (Å²) in [5, 5.41) is 10.7. The van der Waals surface area contributed by atoms with Crippen molar-refractivity contribution in [3.05, 3.63) is 70.5 Å². The van der Waals surface area contributed by atoms with E-state index < -0.39 is 10.9 Å². The lowest BCUT2D eigenvalue weighted by Crippen LogP contribution is -2.05. The van der Waals surface area contributed by atoms with Gasteiger partial charge in [0, 0.05) is 17.7 Å². The Labute approximate surface area is 181 Å². The van der Waals surface area contributed by atoms with Gasteiger partial charge in [-0.1, -0.05) is 0 Å². The zero-order chi connectivity index (χ0) is 19.6. The van der Waals surface area contributed by atoms with Gasteiger partial charge in [0.05, 0.1) is 18.7 Å². The molecular weight excluding hydrogens is 578 g/mol. The lowest BCUT2D eigenvalue weighted by molar-refractivity contribution is -0.384. The molecule has 0 unspecified atom stereocenters. The van der Waals surface area contributed by atoms with Crippen LogP contribution in [0.1, 0.15) is 18.1 Å². The molecule has 0 fully saturated rings. The van der Waals surface area contributed by atoms with Gasteiger partial charge in [-0.2, -0.15) is 0 Å². The first-order valence-corrected chi connectivity index (χ1v) is 9.94. The monoisotopic (exact) mass is 590 g/mol. The fourth-order valence-electron chi connectivity index (χ4n) is 2.36. The maximum atomic E-state index is 12.1. The van der Waals surface area contributed by atoms with Crippen molar-refractivity contribution in [1.29, 1.82) is 0 Å². The zero-order valence-corrected chi connectivity index (χ0v) is 18.3. The van der Waals surface area contributed by atoms with E-state index in [0.29, 0.717) is 12.2 Å². The van der Waals surface area contributed by atoms with Gasteiger partial charge in [-0.15, -0.1) is 0 Å². The van der Waals surface area contributed by atoms with Crippen LogP contribution in [0.3, 0.4) is 0 Å². The molecule has 7 nitrogen and oxygen atoms in total. The van der Waals surface area contributed by atoms with E-state index in [1.54, 1.807) is 6.08 Å². The number of hydrogen-bond donors (Lipinski definition) is 0. The molecule has 1 aliphatic heterocycles. The van der Waals surface area contributed by atoms with E-state index in [9.17, 15) is 14.9 Å². The van der Waals surface area contributed by atoms with Crippen LogP contribution in [0.15, 0.2) is 47.1 Å². The summed E-state index contributed by atoms with van der Waals surface area (Å²) < 4.78 is 12.7. The summed E-state index contributed by atoms with van der Waals surface area (Å²) >= 11 is 4.36. The number of nitro groups is 1. The molecule has 0 N–H and O–H groups in total. The number of nitro benzene ring substituents is 1. The normalized spacial score (nSPS) is 14.9. The minimum absolute atomic E-state index is 0.0435. The van der Waals surface area contributed by atoms with Crippen molar-refractivity contribution in [2.24, 2.45) is 4.99 Å². The molecule has 0 bridgehead atoms. The van der Waals surface area contributed by atoms with Crippen LogP contribution in [0, 0.1) is 17.3 Å². The van der Waals surface area contributed by atoms with Crippen LogP contribution < -0.4 is 4.74 Å². The van der Waals surface area contributed by atoms with Crippen molar-refractivity contribution in [2.75, 3.05) is 6.61 Å². The molecule has 0 atom stereocenters. The van der Waals surface area contributed by atoms with E-state index in [0.717, 1.165) is 18.5 Å². The summed E-state index contributed by atoms with van der Waals surface area (Å²) in [6.45, 7) is 2.49. The average Bonchev–Trinajstić information content (AvgIpc) is 2.99. The largest absolute Gasteiger partial charge is 0.492 e. The van der Waals surface area contributed by atoms with Crippen molar-refractivity contribution >= 4 is 68.8 Å². The smallest absolute Gasteiger partial charge is 0.363 e. The number of aliphatic imine (C=N–C) groups is 1. The Morgan fingerprint density at radius 1 is 1.22 bits per heavy atom. The van der Waals surface area contributed by atoms with Crippen LogP contribution in [0.5, 0.6) is 5.75 Å². The summed E-state index contributed by atoms with van der Waals surface area (Å²) in [5.74, 6) is 0.364. The first-order chi connectivity index (χ1) is 12.9. The van der Waals surface area contributed by atoms with Crippen LogP contribution in [0.25, 0.3) is 6.08 Å². The molecule has 9 heteroatoms. The van der Waals surface area contributed by atoms with Gasteiger partial charge in [-0.3, -0.25) is 10.1 Å². The van der Waals surface area contributed by atoms with E-state index in [1.807, 2.05) is 19.1 Å². The summed E-state index contributed by atoms with van der Waals surface area (Å²) in [7, 11) is 0. The summed E-state index contributed by atoms with van der Waals surface area (Å²) in [6, 6.07) is 9.46. The molecule has 1 heterocycles. The van der Waals surface area contributed by atoms with Crippen molar-refractivity contribution in [1.82, 2.24) is 0 Å². The zero-order valence-electron chi connectivity index (χ0n) is 13.9. The molecule has 2 aromatic carbocycles. The molecule has 27 heavy (non-hydrogen) atoms. The molecule has 0 saturated heterocycles. The van der Waals surface area contributed by atoms with Crippen molar-refractivity contribution < 1.29 is 19.2 Å². The summed E-state index contributed by atoms with van der Waals surface area (Å²) in [4.78, 5) is 26.6. The lowest BCUT2D eigenvalue weighted by atomic mass is 10.2. The average molecular weight is 590 g/mol. The number of benzene rings is 2. The predicted octanol–water partition coefficient (Wildman–Crippen LogP) is 4.55. The number of esters is 1. The second kappa shape index (κ2) is 8.33. The fraction of sp³-hybridized carbons (Fsp3) is 0.111. The van der Waals surface area contributed by atoms with Crippen molar-refractivity contribution in [3.63, 3.8) is 0 Å². The van der Waals surface area contributed by atoms with E-state index in [4.69, 9.17) is 9.47 Å². The number of rotatable bonds is 5. The third kappa shape index (κ3) is 4.46. The molecule has 0 amide bonds. The highest BCUT2D eigenvalue weighted by atomic mass is 127. The molecule has 138 valence electrons. The van der Waals surface area contributed by atoms with E-state index in [2.05, 4.69) is 50.2 Å². The van der Waals surface area contributed by atoms with Crippen LogP contribution in [0.2, 0.25) is 0 Å². The highest BCUT2D eigenvalue weighted by Crippen LogP contribution is 2.30. The number of ether oxygens (including phenoxy) is 2. The number of carbonyl (C=O) groups excluding carboxylic acids is 1. The topological polar surface area (TPSA) is 91.0 Å². The number of hydrogen-bond acceptors (Lipinski definition) is 6. The second-order valence-electron chi connectivity index (χ2n) is 5.39. The number of halogens is 2. The Morgan fingerprint density at radius 2 is 1.85 bits per heavy atom. The van der Waals surface area contributed by atoms with E-state index >= 15 is 0 Å². The Kier molecular flexibility index (Phi) is 6.09. The van der Waals surface area contributed by atoms with Crippen LogP contribution >= 0.6 is 45.2 Å². The lowest BCUT2D eigenvalue weighted by Gasteiger charge is -2.09. The van der Waals surface area contributed by atoms with Crippen LogP contribution in [0.4, 0.5) is 5.69 Å². The molecule has 0 aliphatic carbocycles. The van der Waals surface area contributed by atoms with Crippen LogP contribution in [-0.2, 0) is 9.53 Å². The Hall–Kier alpha value is -2.02. The van der Waals surface area contributed by atoms with Gasteiger partial charge in [0.25, 0.3) is 5.69 Å². The molecule has 0 spiro atoms. The maximum Gasteiger partial charge on any atom is 0.363 e. The first-order valence-electron chi connectivity index (χ1n) is 7.78. The Bertz CT molecular complexity index is 961. The highest BCUT2D eigenvalue weighted by molar-refractivity contribution is 14.1. The third-order valence-electron chi connectivity index (χ3n) is 3.56. The predicted molar refractivity (Wildman–Crippen MR) is 117 cm³/mol. The third-order valence-corrected chi connectivity index (χ3v) is 5.16. The van der Waals surface area contributed by atoms with Crippen molar-refractivity contribution in [3.8, 4) is 5.75 Å². The highest BCUT2D eigenvalue weighted by Gasteiger charge is 2.24. The van der Waals surface area contributed by atoms with Gasteiger partial charge in [0.2, 0.25) is 5.90 Å². The van der Waals surface area contributed by atoms with E-state index in [1.165, 1.54) is 24.3 Å². The molecular formula is C18H12I2N2O5. The first kappa shape index (κ1) is 19.7. The minimum Gasteiger partial charge on any atom is -0.492 e. The Balaban J connectivity index is 1.91. The number of cyclic esters (lactones) is 1. The van der Waals surface area contributed by atoms with Crippen molar-refractivity contribution in [2.45, 2.75) is 6.92 Å². The Morgan fingerprint density at radius 3 is 2.41 bits per heavy atom. The molecule has 0 saturated carbocycles. The minimum atomic E-state index is -0.567. The standard InChI is InChI=1S/C18H12I2N2O5/c1-2-26-16-13(19)7-10(8-14(16)20)9-15-18(23)27-17(21-15)11-3-5-12(6-4-11)22(24)25/h3-9H,2H2,1H3/b15-9-. The van der Waals surface area contributed by atoms with Gasteiger partial charge < -0.3 is 9.47 Å². The molecule has 3 rings (SSSR count). The fourth-order valence-corrected chi connectivity index (χ4v) is 4.49. The SMILES string of the molecule is CCOc1c(I)cc(/C=C2\N=C(c3ccc([N+](=O)[O-])cc3)OC2=O)cc1I. The summed E-state index contributed by atoms with van der Waals surface area (Å²) in [5.41, 5.74) is 1.41. The second-order valence-corrected chi connectivity index (χ2v) is 7.71. The molecule has 2 aromatic rings. The van der Waals surface area contributed by atoms with Crippen LogP contribution in [-0.4, -0.2) is 23.4 Å². The molecule has 1 aliphatic rings. The summed E-state index contributed by atoms with van der Waals surface area (Å²) in [6.07, 6.45) is 1.64. The van der Waals surface area contributed by atoms with Gasteiger partial charge in [-0.25, -0.2) is 9.79 Å². The number of carbonyl (C=O) groups is 1. The van der Waals surface area contributed by atoms with Gasteiger partial charge in [-0.05, 0) is 88.0 Å². The number of non-ortho nitro benzene ring substituents is 1.